The second-order valence-corrected chi connectivity index (χ2v) is 3.31. The van der Waals surface area contributed by atoms with Crippen molar-refractivity contribution in [2.75, 3.05) is 11.9 Å². The molecule has 0 aliphatic rings. The van der Waals surface area contributed by atoms with Gasteiger partial charge >= 0.3 is 0 Å². The van der Waals surface area contributed by atoms with Gasteiger partial charge in [0.05, 0.1) is 0 Å². The second kappa shape index (κ2) is 5.36. The van der Waals surface area contributed by atoms with Gasteiger partial charge in [0.1, 0.15) is 5.75 Å². The van der Waals surface area contributed by atoms with Crippen LogP contribution in [0.15, 0.2) is 18.2 Å². The molecule has 0 saturated heterocycles. The number of hydrogen-bond acceptors (Lipinski definition) is 3. The Balaban J connectivity index is 2.74. The zero-order valence-electron chi connectivity index (χ0n) is 9.00. The summed E-state index contributed by atoms with van der Waals surface area (Å²) in [6, 6.07) is 5.12. The molecule has 1 aromatic carbocycles. The fourth-order valence-corrected chi connectivity index (χ4v) is 1.25. The number of nitrogens with one attached hydrogen (secondary N) is 2. The zero-order chi connectivity index (χ0) is 11.3. The average Bonchev–Trinajstić information content (AvgIpc) is 2.15. The van der Waals surface area contributed by atoms with Crippen LogP contribution in [0.25, 0.3) is 0 Å². The first-order valence-corrected chi connectivity index (χ1v) is 4.93. The van der Waals surface area contributed by atoms with Crippen LogP contribution in [0.5, 0.6) is 5.75 Å². The molecule has 0 spiro atoms. The van der Waals surface area contributed by atoms with Crippen molar-refractivity contribution in [3.63, 3.8) is 0 Å². The molecule has 82 valence electrons. The predicted molar refractivity (Wildman–Crippen MR) is 59.8 cm³/mol. The van der Waals surface area contributed by atoms with Crippen LogP contribution in [0.1, 0.15) is 19.4 Å². The van der Waals surface area contributed by atoms with E-state index in [0.29, 0.717) is 12.2 Å². The van der Waals surface area contributed by atoms with Crippen molar-refractivity contribution in [1.82, 2.24) is 5.32 Å². The number of phenols is 1. The number of aromatic hydroxyl groups is 1. The van der Waals surface area contributed by atoms with Gasteiger partial charge in [0, 0.05) is 30.8 Å². The van der Waals surface area contributed by atoms with Gasteiger partial charge in [-0.05, 0) is 12.6 Å². The molecule has 0 bridgehead atoms. The van der Waals surface area contributed by atoms with Gasteiger partial charge in [0.25, 0.3) is 0 Å². The Kier molecular flexibility index (Phi) is 4.12. The number of anilines is 1. The molecular weight excluding hydrogens is 192 g/mol. The number of benzene rings is 1. The van der Waals surface area contributed by atoms with E-state index in [1.807, 2.05) is 6.92 Å². The van der Waals surface area contributed by atoms with Crippen LogP contribution in [0.4, 0.5) is 5.69 Å². The summed E-state index contributed by atoms with van der Waals surface area (Å²) in [4.78, 5) is 10.8. The van der Waals surface area contributed by atoms with Crippen molar-refractivity contribution in [3.8, 4) is 5.75 Å². The number of carbonyl (C=O) groups excluding carboxylic acids is 1. The van der Waals surface area contributed by atoms with E-state index in [-0.39, 0.29) is 11.7 Å². The SMILES string of the molecule is CCNCc1ccc(NC(C)=O)cc1O. The topological polar surface area (TPSA) is 61.4 Å². The lowest BCUT2D eigenvalue weighted by atomic mass is 10.2. The predicted octanol–water partition coefficient (Wildman–Crippen LogP) is 1.46. The number of hydrogen-bond donors (Lipinski definition) is 3. The molecule has 0 unspecified atom stereocenters. The molecule has 0 fully saturated rings. The Morgan fingerprint density at radius 2 is 2.20 bits per heavy atom. The molecule has 0 aliphatic heterocycles. The van der Waals surface area contributed by atoms with E-state index in [9.17, 15) is 9.90 Å². The summed E-state index contributed by atoms with van der Waals surface area (Å²) >= 11 is 0. The third-order valence-electron chi connectivity index (χ3n) is 1.97. The molecule has 1 amide bonds. The smallest absolute Gasteiger partial charge is 0.221 e. The van der Waals surface area contributed by atoms with E-state index in [1.165, 1.54) is 6.92 Å². The minimum Gasteiger partial charge on any atom is -0.508 e. The Morgan fingerprint density at radius 3 is 2.73 bits per heavy atom. The van der Waals surface area contributed by atoms with Crippen molar-refractivity contribution in [2.45, 2.75) is 20.4 Å². The zero-order valence-corrected chi connectivity index (χ0v) is 9.00. The van der Waals surface area contributed by atoms with Crippen LogP contribution >= 0.6 is 0 Å². The summed E-state index contributed by atoms with van der Waals surface area (Å²) in [5.74, 6) is 0.0519. The second-order valence-electron chi connectivity index (χ2n) is 3.31. The highest BCUT2D eigenvalue weighted by Crippen LogP contribution is 2.21. The molecule has 1 aromatic rings. The van der Waals surface area contributed by atoms with Crippen LogP contribution in [0.3, 0.4) is 0 Å². The molecule has 15 heavy (non-hydrogen) atoms. The van der Waals surface area contributed by atoms with Crippen LogP contribution < -0.4 is 10.6 Å². The van der Waals surface area contributed by atoms with E-state index in [1.54, 1.807) is 18.2 Å². The number of phenolic OH excluding ortho intramolecular Hbond substituents is 1. The number of amides is 1. The van der Waals surface area contributed by atoms with Gasteiger partial charge in [-0.1, -0.05) is 13.0 Å². The largest absolute Gasteiger partial charge is 0.508 e. The van der Waals surface area contributed by atoms with E-state index in [0.717, 1.165) is 12.1 Å². The molecule has 3 N–H and O–H groups in total. The maximum atomic E-state index is 10.8. The lowest BCUT2D eigenvalue weighted by molar-refractivity contribution is -0.114. The summed E-state index contributed by atoms with van der Waals surface area (Å²) < 4.78 is 0. The van der Waals surface area contributed by atoms with Crippen molar-refractivity contribution in [3.05, 3.63) is 23.8 Å². The van der Waals surface area contributed by atoms with Gasteiger partial charge in [-0.25, -0.2) is 0 Å². The first kappa shape index (κ1) is 11.5. The Labute approximate surface area is 89.3 Å². The molecule has 0 aromatic heterocycles. The first-order valence-electron chi connectivity index (χ1n) is 4.93. The summed E-state index contributed by atoms with van der Waals surface area (Å²) in [6.07, 6.45) is 0. The van der Waals surface area contributed by atoms with Crippen molar-refractivity contribution in [1.29, 1.82) is 0 Å². The molecule has 0 radical (unpaired) electrons. The van der Waals surface area contributed by atoms with Gasteiger partial charge in [0.15, 0.2) is 0 Å². The van der Waals surface area contributed by atoms with Crippen LogP contribution in [-0.2, 0) is 11.3 Å². The van der Waals surface area contributed by atoms with E-state index < -0.39 is 0 Å². The highest BCUT2D eigenvalue weighted by molar-refractivity contribution is 5.88. The van der Waals surface area contributed by atoms with Crippen molar-refractivity contribution in [2.24, 2.45) is 0 Å². The molecule has 4 nitrogen and oxygen atoms in total. The quantitative estimate of drug-likeness (QED) is 0.702. The number of rotatable bonds is 4. The summed E-state index contributed by atoms with van der Waals surface area (Å²) in [7, 11) is 0. The Bertz CT molecular complexity index is 350. The van der Waals surface area contributed by atoms with Crippen molar-refractivity contribution < 1.29 is 9.90 Å². The highest BCUT2D eigenvalue weighted by atomic mass is 16.3. The molecule has 0 atom stereocenters. The molecular formula is C11H16N2O2. The third-order valence-corrected chi connectivity index (χ3v) is 1.97. The van der Waals surface area contributed by atoms with E-state index >= 15 is 0 Å². The van der Waals surface area contributed by atoms with Gasteiger partial charge in [-0.15, -0.1) is 0 Å². The minimum atomic E-state index is -0.145. The highest BCUT2D eigenvalue weighted by Gasteiger charge is 2.02. The van der Waals surface area contributed by atoms with Crippen LogP contribution in [0.2, 0.25) is 0 Å². The Morgan fingerprint density at radius 1 is 1.47 bits per heavy atom. The summed E-state index contributed by atoms with van der Waals surface area (Å²) in [6.45, 7) is 4.92. The standard InChI is InChI=1S/C11H16N2O2/c1-3-12-7-9-4-5-10(6-11(9)15)13-8(2)14/h4-6,12,15H,3,7H2,1-2H3,(H,13,14). The monoisotopic (exact) mass is 208 g/mol. The maximum absolute atomic E-state index is 10.8. The van der Waals surface area contributed by atoms with Crippen LogP contribution in [-0.4, -0.2) is 17.6 Å². The van der Waals surface area contributed by atoms with E-state index in [2.05, 4.69) is 10.6 Å². The molecule has 0 heterocycles. The summed E-state index contributed by atoms with van der Waals surface area (Å²) in [5, 5.41) is 15.4. The van der Waals surface area contributed by atoms with Gasteiger partial charge in [0.2, 0.25) is 5.91 Å². The average molecular weight is 208 g/mol. The summed E-state index contributed by atoms with van der Waals surface area (Å²) in [5.41, 5.74) is 1.44. The molecule has 4 heteroatoms. The molecule has 1 rings (SSSR count). The third kappa shape index (κ3) is 3.59. The Hall–Kier alpha value is -1.55. The van der Waals surface area contributed by atoms with Gasteiger partial charge < -0.3 is 15.7 Å². The normalized spacial score (nSPS) is 10.0. The lowest BCUT2D eigenvalue weighted by Crippen LogP contribution is -2.12. The van der Waals surface area contributed by atoms with E-state index in [4.69, 9.17) is 0 Å². The number of carbonyl (C=O) groups is 1. The van der Waals surface area contributed by atoms with Crippen LogP contribution in [0, 0.1) is 0 Å². The molecule has 0 saturated carbocycles. The maximum Gasteiger partial charge on any atom is 0.221 e. The van der Waals surface area contributed by atoms with Crippen molar-refractivity contribution >= 4 is 11.6 Å². The van der Waals surface area contributed by atoms with Gasteiger partial charge in [-0.3, -0.25) is 4.79 Å². The molecule has 0 aliphatic carbocycles. The first-order chi connectivity index (χ1) is 7.13. The lowest BCUT2D eigenvalue weighted by Gasteiger charge is -2.07. The fourth-order valence-electron chi connectivity index (χ4n) is 1.25. The minimum absolute atomic E-state index is 0.145. The fraction of sp³-hybridized carbons (Fsp3) is 0.364. The van der Waals surface area contributed by atoms with Gasteiger partial charge in [-0.2, -0.15) is 0 Å².